The topological polar surface area (TPSA) is 47.4 Å². The first-order chi connectivity index (χ1) is 16.5. The number of carbonyl (C=O) groups excluding carboxylic acids is 1. The summed E-state index contributed by atoms with van der Waals surface area (Å²) in [6.07, 6.45) is 1.49. The van der Waals surface area contributed by atoms with Crippen LogP contribution in [0.15, 0.2) is 66.7 Å². The molecule has 1 atom stereocenters. The van der Waals surface area contributed by atoms with Crippen LogP contribution in [0.4, 0.5) is 5.69 Å². The fraction of sp³-hybridized carbons (Fsp3) is 0.310. The van der Waals surface area contributed by atoms with Gasteiger partial charge in [0.1, 0.15) is 18.2 Å². The molecule has 34 heavy (non-hydrogen) atoms. The number of aromatic nitrogens is 2. The molecule has 4 aromatic rings. The van der Waals surface area contributed by atoms with Gasteiger partial charge >= 0.3 is 0 Å². The largest absolute Gasteiger partial charge is 0.492 e. The van der Waals surface area contributed by atoms with E-state index in [9.17, 15) is 4.79 Å². The Morgan fingerprint density at radius 3 is 2.59 bits per heavy atom. The van der Waals surface area contributed by atoms with Gasteiger partial charge in [-0.05, 0) is 61.7 Å². The van der Waals surface area contributed by atoms with E-state index in [-0.39, 0.29) is 11.8 Å². The van der Waals surface area contributed by atoms with Crippen LogP contribution in [0.1, 0.15) is 41.8 Å². The Morgan fingerprint density at radius 2 is 1.82 bits per heavy atom. The number of carbonyl (C=O) groups is 1. The number of hydrogen-bond acceptors (Lipinski definition) is 3. The number of ether oxygens (including phenoxy) is 1. The summed E-state index contributed by atoms with van der Waals surface area (Å²) in [6.45, 7) is 8.17. The number of benzene rings is 3. The minimum absolute atomic E-state index is 0.0458. The highest BCUT2D eigenvalue weighted by Gasteiger charge is 2.35. The second-order valence-electron chi connectivity index (χ2n) is 9.15. The highest BCUT2D eigenvalue weighted by atomic mass is 16.5. The van der Waals surface area contributed by atoms with E-state index in [1.54, 1.807) is 0 Å². The van der Waals surface area contributed by atoms with E-state index in [2.05, 4.69) is 61.7 Å². The van der Waals surface area contributed by atoms with Crippen LogP contribution in [0.2, 0.25) is 0 Å². The third kappa shape index (κ3) is 4.30. The van der Waals surface area contributed by atoms with Crippen LogP contribution in [0.5, 0.6) is 5.75 Å². The Bertz CT molecular complexity index is 1320. The Hall–Kier alpha value is -3.60. The predicted molar refractivity (Wildman–Crippen MR) is 137 cm³/mol. The number of anilines is 1. The normalized spacial score (nSPS) is 15.9. The molecular weight excluding hydrogens is 422 g/mol. The van der Waals surface area contributed by atoms with Crippen molar-refractivity contribution in [2.75, 3.05) is 18.1 Å². The molecule has 1 aliphatic heterocycles. The number of amides is 1. The molecule has 0 radical (unpaired) electrons. The smallest absolute Gasteiger partial charge is 0.227 e. The number of para-hydroxylation sites is 2. The van der Waals surface area contributed by atoms with Crippen molar-refractivity contribution < 1.29 is 9.53 Å². The lowest BCUT2D eigenvalue weighted by Gasteiger charge is -2.20. The third-order valence-corrected chi connectivity index (χ3v) is 6.73. The van der Waals surface area contributed by atoms with Gasteiger partial charge in [0, 0.05) is 24.6 Å². The molecule has 0 saturated carbocycles. The average Bonchev–Trinajstić information content (AvgIpc) is 3.40. The van der Waals surface area contributed by atoms with Gasteiger partial charge in [0.25, 0.3) is 0 Å². The molecular formula is C29H31N3O2. The van der Waals surface area contributed by atoms with Gasteiger partial charge in [-0.3, -0.25) is 4.79 Å². The van der Waals surface area contributed by atoms with E-state index in [0.717, 1.165) is 40.3 Å². The lowest BCUT2D eigenvalue weighted by molar-refractivity contribution is -0.117. The van der Waals surface area contributed by atoms with Gasteiger partial charge in [0.15, 0.2) is 0 Å². The summed E-state index contributed by atoms with van der Waals surface area (Å²) in [5.41, 5.74) is 6.68. The third-order valence-electron chi connectivity index (χ3n) is 6.73. The summed E-state index contributed by atoms with van der Waals surface area (Å²) in [5.74, 6) is 2.04. The summed E-state index contributed by atoms with van der Waals surface area (Å²) in [7, 11) is 0. The standard InChI is InChI=1S/C29H31N3O2/c1-4-22-10-12-24(13-11-22)34-16-15-31-27-8-6-5-7-25(27)30-29(31)23-18-28(33)32(19-23)26-14-9-20(2)17-21(26)3/h5-14,17,23H,4,15-16,18-19H2,1-3H3. The molecule has 0 aliphatic carbocycles. The number of imidazole rings is 1. The van der Waals surface area contributed by atoms with Crippen molar-refractivity contribution >= 4 is 22.6 Å². The molecule has 0 spiro atoms. The van der Waals surface area contributed by atoms with E-state index in [1.807, 2.05) is 35.2 Å². The quantitative estimate of drug-likeness (QED) is 0.354. The van der Waals surface area contributed by atoms with Crippen molar-refractivity contribution in [2.24, 2.45) is 0 Å². The molecule has 1 aromatic heterocycles. The molecule has 1 unspecified atom stereocenters. The second-order valence-corrected chi connectivity index (χ2v) is 9.15. The number of rotatable bonds is 7. The zero-order valence-corrected chi connectivity index (χ0v) is 20.1. The fourth-order valence-corrected chi connectivity index (χ4v) is 4.94. The Balaban J connectivity index is 1.38. The summed E-state index contributed by atoms with van der Waals surface area (Å²) in [4.78, 5) is 19.9. The molecule has 1 fully saturated rings. The molecule has 174 valence electrons. The highest BCUT2D eigenvalue weighted by Crippen LogP contribution is 2.34. The lowest BCUT2D eigenvalue weighted by atomic mass is 10.1. The maximum absolute atomic E-state index is 13.0. The van der Waals surface area contributed by atoms with E-state index >= 15 is 0 Å². The van der Waals surface area contributed by atoms with E-state index in [0.29, 0.717) is 26.1 Å². The molecule has 0 bridgehead atoms. The fourth-order valence-electron chi connectivity index (χ4n) is 4.94. The van der Waals surface area contributed by atoms with Gasteiger partial charge in [-0.15, -0.1) is 0 Å². The molecule has 1 saturated heterocycles. The van der Waals surface area contributed by atoms with Gasteiger partial charge < -0.3 is 14.2 Å². The molecule has 5 nitrogen and oxygen atoms in total. The van der Waals surface area contributed by atoms with Gasteiger partial charge in [-0.2, -0.15) is 0 Å². The molecule has 2 heterocycles. The summed E-state index contributed by atoms with van der Waals surface area (Å²) in [6, 6.07) is 22.7. The van der Waals surface area contributed by atoms with E-state index in [4.69, 9.17) is 9.72 Å². The molecule has 1 aliphatic rings. The SMILES string of the molecule is CCc1ccc(OCCn2c(C3CC(=O)N(c4ccc(C)cc4C)C3)nc3ccccc32)cc1. The lowest BCUT2D eigenvalue weighted by Crippen LogP contribution is -2.25. The predicted octanol–water partition coefficient (Wildman–Crippen LogP) is 5.82. The van der Waals surface area contributed by atoms with Crippen LogP contribution in [-0.4, -0.2) is 28.6 Å². The monoisotopic (exact) mass is 453 g/mol. The number of nitrogens with zero attached hydrogens (tertiary/aromatic N) is 3. The zero-order valence-electron chi connectivity index (χ0n) is 20.1. The molecule has 5 rings (SSSR count). The van der Waals surface area contributed by atoms with Crippen molar-refractivity contribution in [2.45, 2.75) is 46.1 Å². The first-order valence-corrected chi connectivity index (χ1v) is 12.1. The minimum Gasteiger partial charge on any atom is -0.492 e. The van der Waals surface area contributed by atoms with Gasteiger partial charge in [-0.1, -0.05) is 48.9 Å². The van der Waals surface area contributed by atoms with Gasteiger partial charge in [0.2, 0.25) is 5.91 Å². The van der Waals surface area contributed by atoms with Crippen LogP contribution in [0, 0.1) is 13.8 Å². The van der Waals surface area contributed by atoms with Gasteiger partial charge in [0.05, 0.1) is 17.6 Å². The summed E-state index contributed by atoms with van der Waals surface area (Å²) < 4.78 is 8.29. The number of fused-ring (bicyclic) bond motifs is 1. The average molecular weight is 454 g/mol. The molecule has 5 heteroatoms. The second kappa shape index (κ2) is 9.34. The molecule has 3 aromatic carbocycles. The van der Waals surface area contributed by atoms with Crippen molar-refractivity contribution in [3.05, 3.63) is 89.2 Å². The van der Waals surface area contributed by atoms with Crippen LogP contribution in [-0.2, 0) is 17.8 Å². The summed E-state index contributed by atoms with van der Waals surface area (Å²) >= 11 is 0. The Kier molecular flexibility index (Phi) is 6.10. The number of aryl methyl sites for hydroxylation is 3. The maximum atomic E-state index is 13.0. The van der Waals surface area contributed by atoms with Crippen molar-refractivity contribution in [3.8, 4) is 5.75 Å². The number of hydrogen-bond donors (Lipinski definition) is 0. The highest BCUT2D eigenvalue weighted by molar-refractivity contribution is 5.97. The Labute approximate surface area is 201 Å². The van der Waals surface area contributed by atoms with Crippen molar-refractivity contribution in [1.82, 2.24) is 9.55 Å². The maximum Gasteiger partial charge on any atom is 0.227 e. The minimum atomic E-state index is 0.0458. The van der Waals surface area contributed by atoms with Crippen LogP contribution in [0.3, 0.4) is 0 Å². The molecule has 1 amide bonds. The van der Waals surface area contributed by atoms with E-state index in [1.165, 1.54) is 11.1 Å². The van der Waals surface area contributed by atoms with Crippen LogP contribution >= 0.6 is 0 Å². The summed E-state index contributed by atoms with van der Waals surface area (Å²) in [5, 5.41) is 0. The van der Waals surface area contributed by atoms with Crippen LogP contribution in [0.25, 0.3) is 11.0 Å². The van der Waals surface area contributed by atoms with Gasteiger partial charge in [-0.25, -0.2) is 4.98 Å². The van der Waals surface area contributed by atoms with Crippen molar-refractivity contribution in [3.63, 3.8) is 0 Å². The Morgan fingerprint density at radius 1 is 1.03 bits per heavy atom. The molecule has 0 N–H and O–H groups in total. The van der Waals surface area contributed by atoms with Crippen LogP contribution < -0.4 is 9.64 Å². The zero-order chi connectivity index (χ0) is 23.7. The van der Waals surface area contributed by atoms with E-state index < -0.39 is 0 Å². The first-order valence-electron chi connectivity index (χ1n) is 12.1. The van der Waals surface area contributed by atoms with Crippen molar-refractivity contribution in [1.29, 1.82) is 0 Å². The first kappa shape index (κ1) is 22.2.